The number of aliphatic hydroxyl groups excluding tert-OH is 1. The molecule has 0 aliphatic heterocycles. The van der Waals surface area contributed by atoms with Crippen LogP contribution in [-0.4, -0.2) is 70.1 Å². The third kappa shape index (κ3) is 9.85. The molecule has 0 aromatic rings. The summed E-state index contributed by atoms with van der Waals surface area (Å²) in [6.45, 7) is 6.13. The minimum absolute atomic E-state index is 0.0475. The summed E-state index contributed by atoms with van der Waals surface area (Å²) in [4.78, 5) is 59.3. The summed E-state index contributed by atoms with van der Waals surface area (Å²) in [6.07, 6.45) is -1.83. The molecule has 12 nitrogen and oxygen atoms in total. The summed E-state index contributed by atoms with van der Waals surface area (Å²) in [6, 6.07) is -5.15. The Morgan fingerprint density at radius 1 is 0.862 bits per heavy atom. The molecule has 9 N–H and O–H groups in total. The van der Waals surface area contributed by atoms with Crippen LogP contribution >= 0.6 is 0 Å². The van der Waals surface area contributed by atoms with Crippen LogP contribution in [0.4, 0.5) is 0 Å². The summed E-state index contributed by atoms with van der Waals surface area (Å²) in [7, 11) is 0. The molecule has 0 spiro atoms. The number of aliphatic carboxylic acids is 1. The van der Waals surface area contributed by atoms with Crippen molar-refractivity contribution >= 4 is 29.6 Å². The number of rotatable bonds is 12. The number of carboxylic acid groups (broad SMARTS) is 1. The van der Waals surface area contributed by atoms with Crippen molar-refractivity contribution < 1.29 is 34.2 Å². The van der Waals surface area contributed by atoms with Gasteiger partial charge in [-0.25, -0.2) is 4.79 Å². The second-order valence-corrected chi connectivity index (χ2v) is 7.28. The number of carbonyl (C=O) groups excluding carboxylic acids is 4. The number of hydrogen-bond donors (Lipinski definition) is 7. The normalized spacial score (nSPS) is 16.1. The summed E-state index contributed by atoms with van der Waals surface area (Å²) >= 11 is 0. The van der Waals surface area contributed by atoms with Gasteiger partial charge in [-0.2, -0.15) is 0 Å². The van der Waals surface area contributed by atoms with E-state index in [0.717, 1.165) is 0 Å². The first-order valence-corrected chi connectivity index (χ1v) is 9.12. The molecule has 12 heteroatoms. The molecule has 0 aromatic carbocycles. The lowest BCUT2D eigenvalue weighted by Gasteiger charge is -2.26. The van der Waals surface area contributed by atoms with Gasteiger partial charge in [-0.1, -0.05) is 13.8 Å². The molecule has 0 aliphatic rings. The van der Waals surface area contributed by atoms with E-state index in [2.05, 4.69) is 16.0 Å². The molecular weight excluding hydrogens is 386 g/mol. The molecule has 0 aromatic heterocycles. The highest BCUT2D eigenvalue weighted by Crippen LogP contribution is 2.06. The maximum atomic E-state index is 12.5. The molecule has 4 amide bonds. The predicted octanol–water partition coefficient (Wildman–Crippen LogP) is -2.83. The molecule has 5 atom stereocenters. The highest BCUT2D eigenvalue weighted by atomic mass is 16.4. The van der Waals surface area contributed by atoms with E-state index < -0.39 is 66.3 Å². The van der Waals surface area contributed by atoms with Crippen molar-refractivity contribution in [1.29, 1.82) is 0 Å². The summed E-state index contributed by atoms with van der Waals surface area (Å²) in [5, 5.41) is 25.7. The minimum atomic E-state index is -1.50. The van der Waals surface area contributed by atoms with E-state index in [-0.39, 0.29) is 12.3 Å². The van der Waals surface area contributed by atoms with E-state index in [4.69, 9.17) is 11.5 Å². The van der Waals surface area contributed by atoms with Crippen molar-refractivity contribution in [3.63, 3.8) is 0 Å². The fourth-order valence-corrected chi connectivity index (χ4v) is 2.33. The predicted molar refractivity (Wildman–Crippen MR) is 102 cm³/mol. The third-order valence-electron chi connectivity index (χ3n) is 3.84. The van der Waals surface area contributed by atoms with Crippen LogP contribution in [0.25, 0.3) is 0 Å². The van der Waals surface area contributed by atoms with E-state index in [0.29, 0.717) is 0 Å². The quantitative estimate of drug-likeness (QED) is 0.175. The molecule has 0 bridgehead atoms. The van der Waals surface area contributed by atoms with Crippen LogP contribution in [0.15, 0.2) is 0 Å². The van der Waals surface area contributed by atoms with Crippen molar-refractivity contribution in [3.05, 3.63) is 0 Å². The number of aliphatic hydroxyl groups is 1. The molecule has 0 aliphatic carbocycles. The first kappa shape index (κ1) is 26.3. The third-order valence-corrected chi connectivity index (χ3v) is 3.84. The van der Waals surface area contributed by atoms with Crippen molar-refractivity contribution in [3.8, 4) is 0 Å². The van der Waals surface area contributed by atoms with E-state index in [1.807, 2.05) is 0 Å². The maximum Gasteiger partial charge on any atom is 0.326 e. The van der Waals surface area contributed by atoms with Gasteiger partial charge in [0.05, 0.1) is 18.6 Å². The second-order valence-electron chi connectivity index (χ2n) is 7.28. The van der Waals surface area contributed by atoms with Crippen LogP contribution in [0.5, 0.6) is 0 Å². The fourth-order valence-electron chi connectivity index (χ4n) is 2.33. The molecule has 0 fully saturated rings. The monoisotopic (exact) mass is 417 g/mol. The van der Waals surface area contributed by atoms with Gasteiger partial charge in [-0.15, -0.1) is 0 Å². The molecule has 5 unspecified atom stereocenters. The average molecular weight is 417 g/mol. The van der Waals surface area contributed by atoms with Crippen LogP contribution < -0.4 is 27.4 Å². The van der Waals surface area contributed by atoms with Crippen molar-refractivity contribution in [1.82, 2.24) is 16.0 Å². The molecule has 29 heavy (non-hydrogen) atoms. The lowest BCUT2D eigenvalue weighted by atomic mass is 10.0. The SMILES string of the molecule is CC(C)CC(NC(=O)C(CC(N)=O)NC(=O)C(NC(=O)C(C)N)C(C)O)C(=O)O. The van der Waals surface area contributed by atoms with Gasteiger partial charge in [0.2, 0.25) is 23.6 Å². The number of carboxylic acids is 1. The topological polar surface area (TPSA) is 214 Å². The van der Waals surface area contributed by atoms with Gasteiger partial charge >= 0.3 is 5.97 Å². The Morgan fingerprint density at radius 3 is 1.76 bits per heavy atom. The molecule has 0 rings (SSSR count). The lowest BCUT2D eigenvalue weighted by molar-refractivity contribution is -0.143. The molecule has 0 saturated carbocycles. The van der Waals surface area contributed by atoms with Crippen molar-refractivity contribution in [2.24, 2.45) is 17.4 Å². The van der Waals surface area contributed by atoms with Gasteiger partial charge in [0.1, 0.15) is 18.1 Å². The highest BCUT2D eigenvalue weighted by Gasteiger charge is 2.32. The Bertz CT molecular complexity index is 621. The Balaban J connectivity index is 5.40. The number of carbonyl (C=O) groups is 5. The van der Waals surface area contributed by atoms with Gasteiger partial charge in [0.15, 0.2) is 0 Å². The largest absolute Gasteiger partial charge is 0.480 e. The highest BCUT2D eigenvalue weighted by molar-refractivity contribution is 5.96. The zero-order chi connectivity index (χ0) is 22.9. The van der Waals surface area contributed by atoms with Crippen LogP contribution in [0, 0.1) is 5.92 Å². The van der Waals surface area contributed by atoms with Crippen LogP contribution in [0.1, 0.15) is 40.5 Å². The van der Waals surface area contributed by atoms with Gasteiger partial charge in [-0.05, 0) is 26.2 Å². The van der Waals surface area contributed by atoms with Crippen LogP contribution in [0.2, 0.25) is 0 Å². The van der Waals surface area contributed by atoms with Gasteiger partial charge in [0, 0.05) is 0 Å². The number of nitrogens with two attached hydrogens (primary N) is 2. The van der Waals surface area contributed by atoms with E-state index in [1.165, 1.54) is 13.8 Å². The molecule has 0 heterocycles. The minimum Gasteiger partial charge on any atom is -0.480 e. The Hall–Kier alpha value is -2.73. The number of nitrogens with one attached hydrogen (secondary N) is 3. The first-order chi connectivity index (χ1) is 13.3. The second kappa shape index (κ2) is 12.0. The summed E-state index contributed by atoms with van der Waals surface area (Å²) in [5.41, 5.74) is 10.5. The summed E-state index contributed by atoms with van der Waals surface area (Å²) in [5.74, 6) is -4.87. The lowest BCUT2D eigenvalue weighted by Crippen LogP contribution is -2.60. The van der Waals surface area contributed by atoms with Crippen LogP contribution in [-0.2, 0) is 24.0 Å². The zero-order valence-electron chi connectivity index (χ0n) is 17.0. The van der Waals surface area contributed by atoms with Crippen molar-refractivity contribution in [2.45, 2.75) is 70.8 Å². The molecular formula is C17H31N5O7. The maximum absolute atomic E-state index is 12.5. The Morgan fingerprint density at radius 2 is 1.38 bits per heavy atom. The molecule has 0 saturated heterocycles. The van der Waals surface area contributed by atoms with E-state index >= 15 is 0 Å². The van der Waals surface area contributed by atoms with Gasteiger partial charge < -0.3 is 37.6 Å². The van der Waals surface area contributed by atoms with E-state index in [1.54, 1.807) is 13.8 Å². The standard InChI is InChI=1S/C17H31N5O7/c1-7(2)5-11(17(28)29)21-15(26)10(6-12(19)24)20-16(27)13(9(4)23)22-14(25)8(3)18/h7-11,13,23H,5-6,18H2,1-4H3,(H2,19,24)(H,20,27)(H,21,26)(H,22,25)(H,28,29). The average Bonchev–Trinajstić information content (AvgIpc) is 2.56. The Labute approximate surface area is 168 Å². The van der Waals surface area contributed by atoms with Gasteiger partial charge in [-0.3, -0.25) is 19.2 Å². The van der Waals surface area contributed by atoms with Crippen molar-refractivity contribution in [2.75, 3.05) is 0 Å². The first-order valence-electron chi connectivity index (χ1n) is 9.12. The zero-order valence-corrected chi connectivity index (χ0v) is 17.0. The number of hydrogen-bond acceptors (Lipinski definition) is 7. The number of amides is 4. The number of primary amides is 1. The molecule has 0 radical (unpaired) electrons. The smallest absolute Gasteiger partial charge is 0.326 e. The van der Waals surface area contributed by atoms with Crippen LogP contribution in [0.3, 0.4) is 0 Å². The van der Waals surface area contributed by atoms with E-state index in [9.17, 15) is 34.2 Å². The molecule has 166 valence electrons. The summed E-state index contributed by atoms with van der Waals surface area (Å²) < 4.78 is 0. The Kier molecular flexibility index (Phi) is 10.8. The fraction of sp³-hybridized carbons (Fsp3) is 0.706. The van der Waals surface area contributed by atoms with Gasteiger partial charge in [0.25, 0.3) is 0 Å².